The van der Waals surface area contributed by atoms with E-state index >= 15 is 0 Å². The lowest BCUT2D eigenvalue weighted by Crippen LogP contribution is -2.11. The Morgan fingerprint density at radius 1 is 1.27 bits per heavy atom. The molecule has 0 aromatic carbocycles. The van der Waals surface area contributed by atoms with Crippen LogP contribution in [0.2, 0.25) is 0 Å². The van der Waals surface area contributed by atoms with Crippen molar-refractivity contribution >= 4 is 11.3 Å². The molecule has 0 fully saturated rings. The fourth-order valence-corrected chi connectivity index (χ4v) is 3.88. The van der Waals surface area contributed by atoms with E-state index in [4.69, 9.17) is 0 Å². The van der Waals surface area contributed by atoms with Crippen LogP contribution >= 0.6 is 11.3 Å². The summed E-state index contributed by atoms with van der Waals surface area (Å²) in [5.41, 5.74) is 4.78. The fraction of sp³-hybridized carbons (Fsp3) is 0.667. The molecule has 0 amide bonds. The van der Waals surface area contributed by atoms with Crippen molar-refractivity contribution in [2.75, 3.05) is 0 Å². The molecule has 0 N–H and O–H groups in total. The van der Waals surface area contributed by atoms with Gasteiger partial charge in [0.25, 0.3) is 0 Å². The van der Waals surface area contributed by atoms with Crippen LogP contribution in [0.5, 0.6) is 0 Å². The topological polar surface area (TPSA) is 30.7 Å². The number of hydrogen-bond acceptors (Lipinski definition) is 3. The zero-order valence-electron chi connectivity index (χ0n) is 14.2. The fourth-order valence-electron chi connectivity index (χ4n) is 3.06. The van der Waals surface area contributed by atoms with Crippen molar-refractivity contribution in [3.05, 3.63) is 34.0 Å². The molecule has 0 radical (unpaired) electrons. The molecule has 122 valence electrons. The van der Waals surface area contributed by atoms with Crippen molar-refractivity contribution in [3.8, 4) is 0 Å². The minimum absolute atomic E-state index is 0.907. The molecule has 0 bridgehead atoms. The van der Waals surface area contributed by atoms with E-state index < -0.39 is 0 Å². The Morgan fingerprint density at radius 2 is 2.14 bits per heavy atom. The summed E-state index contributed by atoms with van der Waals surface area (Å²) in [5, 5.41) is 4.17. The lowest BCUT2D eigenvalue weighted by molar-refractivity contribution is 0.443. The Bertz CT molecular complexity index is 524. The molecular formula is C18H29N3S. The first-order chi connectivity index (χ1) is 10.9. The quantitative estimate of drug-likeness (QED) is 0.748. The molecule has 3 heterocycles. The van der Waals surface area contributed by atoms with Gasteiger partial charge in [0.05, 0.1) is 11.2 Å². The first-order valence-corrected chi connectivity index (χ1v) is 9.66. The minimum Gasteiger partial charge on any atom is -0.270 e. The monoisotopic (exact) mass is 319 g/mol. The van der Waals surface area contributed by atoms with Gasteiger partial charge in [0.15, 0.2) is 0 Å². The van der Waals surface area contributed by atoms with Gasteiger partial charge in [-0.1, -0.05) is 27.2 Å². The van der Waals surface area contributed by atoms with Crippen LogP contribution in [0.25, 0.3) is 0 Å². The number of aryl methyl sites for hydroxylation is 3. The Hall–Kier alpha value is -1.16. The van der Waals surface area contributed by atoms with Crippen LogP contribution < -0.4 is 0 Å². The van der Waals surface area contributed by atoms with E-state index in [0.717, 1.165) is 12.5 Å². The van der Waals surface area contributed by atoms with Crippen LogP contribution in [0.15, 0.2) is 17.8 Å². The van der Waals surface area contributed by atoms with Crippen LogP contribution in [-0.4, -0.2) is 14.8 Å². The molecule has 0 spiro atoms. The summed E-state index contributed by atoms with van der Waals surface area (Å²) in [4.78, 5) is 5.91. The average molecular weight is 320 g/mol. The maximum atomic E-state index is 4.37. The summed E-state index contributed by atoms with van der Waals surface area (Å²) < 4.78 is 2.10. The molecule has 3 nitrogen and oxygen atoms in total. The van der Waals surface area contributed by atoms with Crippen molar-refractivity contribution in [3.63, 3.8) is 0 Å². The zero-order chi connectivity index (χ0) is 15.8. The summed E-state index contributed by atoms with van der Waals surface area (Å²) >= 11 is 1.83. The predicted octanol–water partition coefficient (Wildman–Crippen LogP) is 4.90. The molecule has 4 heteroatoms. The van der Waals surface area contributed by atoms with E-state index in [9.17, 15) is 0 Å². The molecule has 0 saturated carbocycles. The van der Waals surface area contributed by atoms with E-state index in [1.165, 1.54) is 61.2 Å². The molecule has 22 heavy (non-hydrogen) atoms. The first kappa shape index (κ1) is 17.2. The Labute approximate surface area is 138 Å². The lowest BCUT2D eigenvalue weighted by atomic mass is 9.89. The summed E-state index contributed by atoms with van der Waals surface area (Å²) in [7, 11) is 0. The number of fused-ring (bicyclic) bond motifs is 2. The van der Waals surface area contributed by atoms with Gasteiger partial charge in [-0.3, -0.25) is 4.68 Å². The van der Waals surface area contributed by atoms with Crippen LogP contribution in [0.3, 0.4) is 0 Å². The molecule has 1 aliphatic heterocycles. The second-order valence-corrected chi connectivity index (χ2v) is 6.68. The van der Waals surface area contributed by atoms with Gasteiger partial charge in [-0.05, 0) is 50.5 Å². The summed E-state index contributed by atoms with van der Waals surface area (Å²) in [5.74, 6) is 0.907. The highest BCUT2D eigenvalue weighted by Gasteiger charge is 2.18. The number of hydrogen-bond donors (Lipinski definition) is 0. The van der Waals surface area contributed by atoms with Gasteiger partial charge < -0.3 is 0 Å². The van der Waals surface area contributed by atoms with Crippen LogP contribution in [0.4, 0.5) is 0 Å². The number of thiazole rings is 1. The van der Waals surface area contributed by atoms with Gasteiger partial charge >= 0.3 is 0 Å². The first-order valence-electron chi connectivity index (χ1n) is 8.78. The smallest absolute Gasteiger partial charge is 0.0797 e. The van der Waals surface area contributed by atoms with Gasteiger partial charge in [-0.25, -0.2) is 4.98 Å². The predicted molar refractivity (Wildman–Crippen MR) is 94.4 cm³/mol. The lowest BCUT2D eigenvalue weighted by Gasteiger charge is -2.18. The molecule has 1 aliphatic carbocycles. The largest absolute Gasteiger partial charge is 0.270 e. The van der Waals surface area contributed by atoms with Gasteiger partial charge in [0.1, 0.15) is 0 Å². The molecule has 1 atom stereocenters. The second-order valence-electron chi connectivity index (χ2n) is 5.74. The Balaban J connectivity index is 0.000000146. The summed E-state index contributed by atoms with van der Waals surface area (Å²) in [6.45, 7) is 7.41. The van der Waals surface area contributed by atoms with Gasteiger partial charge in [-0.15, -0.1) is 11.3 Å². The highest BCUT2D eigenvalue weighted by atomic mass is 32.1. The minimum atomic E-state index is 0.907. The standard InChI is InChI=1S/C9H13NS.C7H10N2.C2H6/c1-2-7-3-4-9-8(5-7)10-6-11-9;1-2-6-9-7(3-1)4-5-8-9;1-2/h6-7H,2-5H2,1H3;4-5H,1-3,6H2;1-2H3. The van der Waals surface area contributed by atoms with Crippen LogP contribution in [0.1, 0.15) is 62.7 Å². The van der Waals surface area contributed by atoms with E-state index in [1.54, 1.807) is 0 Å². The molecule has 2 aromatic rings. The van der Waals surface area contributed by atoms with Crippen molar-refractivity contribution in [2.45, 2.75) is 72.3 Å². The molecule has 2 aromatic heterocycles. The van der Waals surface area contributed by atoms with Crippen molar-refractivity contribution < 1.29 is 0 Å². The van der Waals surface area contributed by atoms with Gasteiger partial charge in [0.2, 0.25) is 0 Å². The molecule has 4 rings (SSSR count). The summed E-state index contributed by atoms with van der Waals surface area (Å²) in [6, 6.07) is 2.11. The van der Waals surface area contributed by atoms with Crippen molar-refractivity contribution in [1.82, 2.24) is 14.8 Å². The molecule has 1 unspecified atom stereocenters. The van der Waals surface area contributed by atoms with Crippen molar-refractivity contribution in [1.29, 1.82) is 0 Å². The van der Waals surface area contributed by atoms with Gasteiger partial charge in [0, 0.05) is 23.3 Å². The van der Waals surface area contributed by atoms with Crippen molar-refractivity contribution in [2.24, 2.45) is 5.92 Å². The molecular weight excluding hydrogens is 290 g/mol. The van der Waals surface area contributed by atoms with Crippen LogP contribution in [-0.2, 0) is 25.8 Å². The third-order valence-electron chi connectivity index (χ3n) is 4.42. The van der Waals surface area contributed by atoms with Crippen LogP contribution in [0, 0.1) is 5.92 Å². The highest BCUT2D eigenvalue weighted by molar-refractivity contribution is 7.09. The normalized spacial score (nSPS) is 19.0. The highest BCUT2D eigenvalue weighted by Crippen LogP contribution is 2.28. The van der Waals surface area contributed by atoms with E-state index in [0.29, 0.717) is 0 Å². The second kappa shape index (κ2) is 9.09. The van der Waals surface area contributed by atoms with E-state index in [1.807, 2.05) is 36.9 Å². The maximum Gasteiger partial charge on any atom is 0.0797 e. The third-order valence-corrected chi connectivity index (χ3v) is 5.36. The number of aromatic nitrogens is 3. The third kappa shape index (κ3) is 4.42. The average Bonchev–Trinajstić information content (AvgIpc) is 3.25. The number of nitrogens with zero attached hydrogens (tertiary/aromatic N) is 3. The molecule has 2 aliphatic rings. The zero-order valence-corrected chi connectivity index (χ0v) is 15.0. The number of rotatable bonds is 1. The summed E-state index contributed by atoms with van der Waals surface area (Å²) in [6.07, 6.45) is 11.0. The maximum absolute atomic E-state index is 4.37. The molecule has 0 saturated heterocycles. The SMILES string of the molecule is CC.CCC1CCc2scnc2C1.c1cc2n(n1)CCCC2. The van der Waals surface area contributed by atoms with E-state index in [2.05, 4.69) is 27.8 Å². The Kier molecular flexibility index (Phi) is 7.10. The Morgan fingerprint density at radius 3 is 2.91 bits per heavy atom. The van der Waals surface area contributed by atoms with E-state index in [-0.39, 0.29) is 0 Å². The van der Waals surface area contributed by atoms with Gasteiger partial charge in [-0.2, -0.15) is 5.10 Å².